The summed E-state index contributed by atoms with van der Waals surface area (Å²) in [6.07, 6.45) is 0. The molecular formula is C4H7Cl3O3P+. The number of hydrogen-bond acceptors (Lipinski definition) is 3. The summed E-state index contributed by atoms with van der Waals surface area (Å²) >= 11 is 16.2. The molecule has 11 heavy (non-hydrogen) atoms. The van der Waals surface area contributed by atoms with Gasteiger partial charge in [-0.1, -0.05) is 34.8 Å². The van der Waals surface area contributed by atoms with Gasteiger partial charge in [0.1, 0.15) is 0 Å². The monoisotopic (exact) mass is 239 g/mol. The van der Waals surface area contributed by atoms with E-state index in [0.29, 0.717) is 0 Å². The number of rotatable bonds is 3. The molecule has 0 aliphatic rings. The second-order valence-corrected chi connectivity index (χ2v) is 5.37. The van der Waals surface area contributed by atoms with E-state index in [9.17, 15) is 4.57 Å². The number of methoxy groups -OCH3 is 1. The van der Waals surface area contributed by atoms with Crippen LogP contribution in [-0.2, 0) is 13.8 Å². The molecule has 66 valence electrons. The molecule has 0 aliphatic carbocycles. The summed E-state index contributed by atoms with van der Waals surface area (Å²) in [5.41, 5.74) is 0. The van der Waals surface area contributed by atoms with Gasteiger partial charge in [0.05, 0.1) is 7.11 Å². The zero-order valence-corrected chi connectivity index (χ0v) is 9.05. The third kappa shape index (κ3) is 3.88. The predicted octanol–water partition coefficient (Wildman–Crippen LogP) is 2.72. The first kappa shape index (κ1) is 11.9. The minimum atomic E-state index is -2.10. The predicted molar refractivity (Wildman–Crippen MR) is 45.7 cm³/mol. The van der Waals surface area contributed by atoms with E-state index in [2.05, 4.69) is 9.26 Å². The Hall–Kier alpha value is 0.890. The summed E-state index contributed by atoms with van der Waals surface area (Å²) in [5.74, 6) is -1.03. The molecule has 2 atom stereocenters. The van der Waals surface area contributed by atoms with Crippen molar-refractivity contribution >= 4 is 42.8 Å². The second kappa shape index (κ2) is 4.80. The average Bonchev–Trinajstić information content (AvgIpc) is 1.86. The minimum absolute atomic E-state index is 1.03. The topological polar surface area (TPSA) is 35.5 Å². The molecule has 0 radical (unpaired) electrons. The van der Waals surface area contributed by atoms with Crippen molar-refractivity contribution in [2.45, 2.75) is 9.64 Å². The van der Waals surface area contributed by atoms with Crippen molar-refractivity contribution in [3.63, 3.8) is 0 Å². The van der Waals surface area contributed by atoms with Crippen molar-refractivity contribution in [1.29, 1.82) is 0 Å². The van der Waals surface area contributed by atoms with Gasteiger partial charge in [-0.3, -0.25) is 0 Å². The van der Waals surface area contributed by atoms with Crippen LogP contribution in [-0.4, -0.2) is 23.9 Å². The van der Waals surface area contributed by atoms with Gasteiger partial charge in [-0.2, -0.15) is 0 Å². The van der Waals surface area contributed by atoms with Gasteiger partial charge in [-0.05, 0) is 4.57 Å². The highest BCUT2D eigenvalue weighted by Crippen LogP contribution is 2.44. The van der Waals surface area contributed by atoms with Gasteiger partial charge in [0.2, 0.25) is 0 Å². The van der Waals surface area contributed by atoms with Crippen molar-refractivity contribution in [2.75, 3.05) is 14.2 Å². The molecule has 0 amide bonds. The number of halogens is 3. The highest BCUT2D eigenvalue weighted by atomic mass is 35.6. The van der Waals surface area contributed by atoms with Crippen LogP contribution in [0, 0.1) is 0 Å². The molecule has 0 N–H and O–H groups in total. The fourth-order valence-corrected chi connectivity index (χ4v) is 2.02. The third-order valence-electron chi connectivity index (χ3n) is 0.875. The lowest BCUT2D eigenvalue weighted by molar-refractivity contribution is 0.156. The van der Waals surface area contributed by atoms with Gasteiger partial charge in [-0.25, -0.2) is 0 Å². The van der Waals surface area contributed by atoms with Crippen LogP contribution in [0.1, 0.15) is 0 Å². The van der Waals surface area contributed by atoms with Crippen LogP contribution >= 0.6 is 42.8 Å². The smallest absolute Gasteiger partial charge is 0.333 e. The van der Waals surface area contributed by atoms with Gasteiger partial charge >= 0.3 is 13.9 Å². The maximum Gasteiger partial charge on any atom is 0.545 e. The molecule has 3 nitrogen and oxygen atoms in total. The zero-order chi connectivity index (χ0) is 9.07. The van der Waals surface area contributed by atoms with E-state index in [1.807, 2.05) is 0 Å². The van der Waals surface area contributed by atoms with E-state index in [1.54, 1.807) is 0 Å². The first-order chi connectivity index (χ1) is 4.93. The molecule has 0 aromatic carbocycles. The van der Waals surface area contributed by atoms with E-state index in [1.165, 1.54) is 14.2 Å². The molecular weight excluding hydrogens is 233 g/mol. The van der Waals surface area contributed by atoms with Crippen molar-refractivity contribution in [2.24, 2.45) is 0 Å². The van der Waals surface area contributed by atoms with Gasteiger partial charge in [0, 0.05) is 7.11 Å². The second-order valence-electron chi connectivity index (χ2n) is 1.60. The maximum absolute atomic E-state index is 10.9. The summed E-state index contributed by atoms with van der Waals surface area (Å²) in [7, 11) is 0.444. The summed E-state index contributed by atoms with van der Waals surface area (Å²) in [4.78, 5) is 0. The fourth-order valence-electron chi connectivity index (χ4n) is 0.435. The van der Waals surface area contributed by atoms with E-state index >= 15 is 0 Å². The van der Waals surface area contributed by atoms with Crippen molar-refractivity contribution < 1.29 is 13.8 Å². The van der Waals surface area contributed by atoms with E-state index < -0.39 is 17.7 Å². The number of alkyl halides is 3. The Morgan fingerprint density at radius 3 is 1.91 bits per heavy atom. The van der Waals surface area contributed by atoms with Gasteiger partial charge in [0.25, 0.3) is 3.79 Å². The standard InChI is InChI=1S/C4H7Cl3O3P/c1-9-3(4(5,6)7)11(8)10-2/h3H,1-2H3/q+1. The average molecular weight is 240 g/mol. The molecule has 0 rings (SSSR count). The van der Waals surface area contributed by atoms with Crippen molar-refractivity contribution in [3.05, 3.63) is 0 Å². The van der Waals surface area contributed by atoms with Gasteiger partial charge in [0.15, 0.2) is 0 Å². The molecule has 0 aromatic heterocycles. The van der Waals surface area contributed by atoms with Crippen LogP contribution in [0.25, 0.3) is 0 Å². The molecule has 2 unspecified atom stereocenters. The van der Waals surface area contributed by atoms with Crippen molar-refractivity contribution in [3.8, 4) is 0 Å². The fraction of sp³-hybridized carbons (Fsp3) is 1.00. The molecule has 0 saturated carbocycles. The Balaban J connectivity index is 4.29. The lowest BCUT2D eigenvalue weighted by atomic mass is 10.8. The van der Waals surface area contributed by atoms with Gasteiger partial charge in [-0.15, -0.1) is 4.52 Å². The minimum Gasteiger partial charge on any atom is -0.333 e. The first-order valence-electron chi connectivity index (χ1n) is 2.53. The highest BCUT2D eigenvalue weighted by molar-refractivity contribution is 7.40. The van der Waals surface area contributed by atoms with E-state index in [0.717, 1.165) is 0 Å². The molecule has 0 spiro atoms. The lowest BCUT2D eigenvalue weighted by Crippen LogP contribution is -2.24. The largest absolute Gasteiger partial charge is 0.545 e. The Labute approximate surface area is 80.8 Å². The van der Waals surface area contributed by atoms with Crippen LogP contribution in [0.5, 0.6) is 0 Å². The Morgan fingerprint density at radius 1 is 1.36 bits per heavy atom. The quantitative estimate of drug-likeness (QED) is 0.562. The van der Waals surface area contributed by atoms with Crippen molar-refractivity contribution in [1.82, 2.24) is 0 Å². The molecule has 7 heteroatoms. The molecule has 0 bridgehead atoms. The third-order valence-corrected chi connectivity index (χ3v) is 3.27. The molecule has 0 heterocycles. The maximum atomic E-state index is 10.9. The van der Waals surface area contributed by atoms with Crippen LogP contribution in [0.15, 0.2) is 0 Å². The van der Waals surface area contributed by atoms with Crippen LogP contribution in [0.3, 0.4) is 0 Å². The summed E-state index contributed by atoms with van der Waals surface area (Å²) in [6.45, 7) is 0. The van der Waals surface area contributed by atoms with E-state index in [-0.39, 0.29) is 0 Å². The molecule has 0 fully saturated rings. The van der Waals surface area contributed by atoms with E-state index in [4.69, 9.17) is 34.8 Å². The van der Waals surface area contributed by atoms with Gasteiger partial charge < -0.3 is 4.74 Å². The van der Waals surface area contributed by atoms with Crippen LogP contribution in [0.4, 0.5) is 0 Å². The normalized spacial score (nSPS) is 16.3. The highest BCUT2D eigenvalue weighted by Gasteiger charge is 2.49. The number of hydrogen-bond donors (Lipinski definition) is 0. The molecule has 0 aromatic rings. The number of ether oxygens (including phenoxy) is 1. The summed E-state index contributed by atoms with van der Waals surface area (Å²) < 4.78 is 18.3. The lowest BCUT2D eigenvalue weighted by Gasteiger charge is -2.11. The Kier molecular flexibility index (Phi) is 5.19. The summed E-state index contributed by atoms with van der Waals surface area (Å²) in [5, 5.41) is 0. The molecule has 0 saturated heterocycles. The van der Waals surface area contributed by atoms with Crippen LogP contribution in [0.2, 0.25) is 0 Å². The zero-order valence-electron chi connectivity index (χ0n) is 5.88. The van der Waals surface area contributed by atoms with Crippen LogP contribution < -0.4 is 0 Å². The first-order valence-corrected chi connectivity index (χ1v) is 4.91. The summed E-state index contributed by atoms with van der Waals surface area (Å²) in [6, 6.07) is 0. The Morgan fingerprint density at radius 2 is 1.82 bits per heavy atom. The Bertz CT molecular complexity index is 146. The molecule has 0 aliphatic heterocycles. The SMILES string of the molecule is COC([P+](=O)OC)C(Cl)(Cl)Cl.